The zero-order chi connectivity index (χ0) is 14.8. The Morgan fingerprint density at radius 3 is 2.82 bits per heavy atom. The van der Waals surface area contributed by atoms with E-state index in [1.165, 1.54) is 11.3 Å². The first-order chi connectivity index (χ1) is 10.1. The van der Waals surface area contributed by atoms with Gasteiger partial charge in [-0.2, -0.15) is 5.10 Å². The Balaban J connectivity index is 0.00000176. The van der Waals surface area contributed by atoms with Crippen LogP contribution in [-0.2, 0) is 6.54 Å². The number of halogens is 1. The SMILES string of the molecule is Cc1nn(-c2ccccn2)c(C)c1CN1CCN[C@@H](C)C1.Cl. The molecule has 0 spiro atoms. The molecule has 1 N–H and O–H groups in total. The van der Waals surface area contributed by atoms with Crippen molar-refractivity contribution in [1.82, 2.24) is 25.0 Å². The molecule has 1 atom stereocenters. The van der Waals surface area contributed by atoms with Crippen LogP contribution in [0, 0.1) is 13.8 Å². The lowest BCUT2D eigenvalue weighted by molar-refractivity contribution is 0.199. The quantitative estimate of drug-likeness (QED) is 0.940. The third-order valence-corrected chi connectivity index (χ3v) is 4.14. The molecule has 120 valence electrons. The van der Waals surface area contributed by atoms with Crippen molar-refractivity contribution in [3.05, 3.63) is 41.3 Å². The summed E-state index contributed by atoms with van der Waals surface area (Å²) in [4.78, 5) is 6.90. The van der Waals surface area contributed by atoms with Gasteiger partial charge in [-0.05, 0) is 32.9 Å². The molecule has 2 aromatic heterocycles. The number of aryl methyl sites for hydroxylation is 1. The summed E-state index contributed by atoms with van der Waals surface area (Å²) in [5.41, 5.74) is 3.62. The van der Waals surface area contributed by atoms with Crippen LogP contribution >= 0.6 is 12.4 Å². The highest BCUT2D eigenvalue weighted by Crippen LogP contribution is 2.19. The molecule has 0 amide bonds. The summed E-state index contributed by atoms with van der Waals surface area (Å²) in [5, 5.41) is 8.16. The fraction of sp³-hybridized carbons (Fsp3) is 0.500. The summed E-state index contributed by atoms with van der Waals surface area (Å²) in [6, 6.07) is 6.48. The van der Waals surface area contributed by atoms with Gasteiger partial charge in [0.25, 0.3) is 0 Å². The Morgan fingerprint density at radius 2 is 2.14 bits per heavy atom. The number of aromatic nitrogens is 3. The molecular weight excluding hydrogens is 298 g/mol. The maximum Gasteiger partial charge on any atom is 0.153 e. The van der Waals surface area contributed by atoms with Crippen molar-refractivity contribution in [1.29, 1.82) is 0 Å². The third kappa shape index (κ3) is 3.48. The van der Waals surface area contributed by atoms with Crippen molar-refractivity contribution in [3.63, 3.8) is 0 Å². The lowest BCUT2D eigenvalue weighted by Gasteiger charge is -2.31. The number of pyridine rings is 1. The van der Waals surface area contributed by atoms with Crippen LogP contribution < -0.4 is 5.32 Å². The molecule has 0 aliphatic carbocycles. The Bertz CT molecular complexity index is 610. The molecule has 1 saturated heterocycles. The summed E-state index contributed by atoms with van der Waals surface area (Å²) in [7, 11) is 0. The van der Waals surface area contributed by atoms with Crippen LogP contribution in [0.1, 0.15) is 23.9 Å². The van der Waals surface area contributed by atoms with Crippen molar-refractivity contribution in [3.8, 4) is 5.82 Å². The van der Waals surface area contributed by atoms with Gasteiger partial charge >= 0.3 is 0 Å². The van der Waals surface area contributed by atoms with E-state index in [2.05, 4.69) is 41.1 Å². The lowest BCUT2D eigenvalue weighted by Crippen LogP contribution is -2.48. The number of nitrogens with zero attached hydrogens (tertiary/aromatic N) is 4. The van der Waals surface area contributed by atoms with Gasteiger partial charge in [0.05, 0.1) is 5.69 Å². The summed E-state index contributed by atoms with van der Waals surface area (Å²) >= 11 is 0. The van der Waals surface area contributed by atoms with Gasteiger partial charge in [-0.15, -0.1) is 12.4 Å². The van der Waals surface area contributed by atoms with Crippen LogP contribution in [0.5, 0.6) is 0 Å². The zero-order valence-corrected chi connectivity index (χ0v) is 14.2. The first-order valence-corrected chi connectivity index (χ1v) is 7.57. The Kier molecular flexibility index (Phi) is 5.56. The highest BCUT2D eigenvalue weighted by molar-refractivity contribution is 5.85. The van der Waals surface area contributed by atoms with Crippen molar-refractivity contribution >= 4 is 12.4 Å². The number of nitrogens with one attached hydrogen (secondary N) is 1. The van der Waals surface area contributed by atoms with Gasteiger partial charge in [-0.25, -0.2) is 9.67 Å². The van der Waals surface area contributed by atoms with Gasteiger partial charge in [0.2, 0.25) is 0 Å². The average molecular weight is 322 g/mol. The highest BCUT2D eigenvalue weighted by atomic mass is 35.5. The van der Waals surface area contributed by atoms with E-state index >= 15 is 0 Å². The monoisotopic (exact) mass is 321 g/mol. The van der Waals surface area contributed by atoms with Crippen LogP contribution in [0.2, 0.25) is 0 Å². The van der Waals surface area contributed by atoms with Crippen LogP contribution in [-0.4, -0.2) is 45.3 Å². The zero-order valence-electron chi connectivity index (χ0n) is 13.4. The minimum Gasteiger partial charge on any atom is -0.312 e. The smallest absolute Gasteiger partial charge is 0.153 e. The van der Waals surface area contributed by atoms with E-state index in [0.29, 0.717) is 6.04 Å². The number of rotatable bonds is 3. The van der Waals surface area contributed by atoms with E-state index in [1.54, 1.807) is 0 Å². The number of piperazine rings is 1. The maximum atomic E-state index is 4.68. The summed E-state index contributed by atoms with van der Waals surface area (Å²) in [5.74, 6) is 0.887. The van der Waals surface area contributed by atoms with E-state index in [-0.39, 0.29) is 12.4 Å². The van der Waals surface area contributed by atoms with E-state index in [1.807, 2.05) is 29.1 Å². The molecule has 6 heteroatoms. The first kappa shape index (κ1) is 16.9. The van der Waals surface area contributed by atoms with Crippen molar-refractivity contribution in [2.24, 2.45) is 0 Å². The van der Waals surface area contributed by atoms with Gasteiger partial charge in [0.15, 0.2) is 5.82 Å². The molecule has 3 rings (SSSR count). The van der Waals surface area contributed by atoms with Crippen molar-refractivity contribution in [2.75, 3.05) is 19.6 Å². The summed E-state index contributed by atoms with van der Waals surface area (Å²) < 4.78 is 1.95. The molecule has 0 aromatic carbocycles. The minimum absolute atomic E-state index is 0. The molecule has 0 saturated carbocycles. The Hall–Kier alpha value is -1.43. The van der Waals surface area contributed by atoms with E-state index in [4.69, 9.17) is 0 Å². The summed E-state index contributed by atoms with van der Waals surface area (Å²) in [6.07, 6.45) is 1.81. The van der Waals surface area contributed by atoms with E-state index < -0.39 is 0 Å². The molecule has 2 aromatic rings. The molecule has 5 nitrogen and oxygen atoms in total. The second kappa shape index (κ2) is 7.22. The molecular formula is C16H24ClN5. The molecule has 0 unspecified atom stereocenters. The molecule has 22 heavy (non-hydrogen) atoms. The molecule has 3 heterocycles. The second-order valence-corrected chi connectivity index (χ2v) is 5.84. The lowest BCUT2D eigenvalue weighted by atomic mass is 10.1. The predicted octanol–water partition coefficient (Wildman–Crippen LogP) is 2.10. The summed E-state index contributed by atoms with van der Waals surface area (Å²) in [6.45, 7) is 10.7. The van der Waals surface area contributed by atoms with Crippen LogP contribution in [0.3, 0.4) is 0 Å². The Labute approximate surface area is 138 Å². The topological polar surface area (TPSA) is 46.0 Å². The fourth-order valence-electron chi connectivity index (χ4n) is 2.99. The highest BCUT2D eigenvalue weighted by Gasteiger charge is 2.20. The number of hydrogen-bond acceptors (Lipinski definition) is 4. The minimum atomic E-state index is 0. The normalized spacial score (nSPS) is 19.0. The van der Waals surface area contributed by atoms with E-state index in [0.717, 1.165) is 37.7 Å². The van der Waals surface area contributed by atoms with Gasteiger partial charge < -0.3 is 5.32 Å². The predicted molar refractivity (Wildman–Crippen MR) is 90.8 cm³/mol. The van der Waals surface area contributed by atoms with Gasteiger partial charge in [-0.3, -0.25) is 4.90 Å². The van der Waals surface area contributed by atoms with Crippen molar-refractivity contribution < 1.29 is 0 Å². The van der Waals surface area contributed by atoms with Gasteiger partial charge in [0.1, 0.15) is 0 Å². The maximum absolute atomic E-state index is 4.68. The van der Waals surface area contributed by atoms with E-state index in [9.17, 15) is 0 Å². The largest absolute Gasteiger partial charge is 0.312 e. The van der Waals surface area contributed by atoms with Crippen LogP contribution in [0.25, 0.3) is 5.82 Å². The average Bonchev–Trinajstić information content (AvgIpc) is 2.76. The molecule has 0 bridgehead atoms. The molecule has 1 fully saturated rings. The third-order valence-electron chi connectivity index (χ3n) is 4.14. The van der Waals surface area contributed by atoms with Gasteiger partial charge in [-0.1, -0.05) is 6.07 Å². The Morgan fingerprint density at radius 1 is 1.32 bits per heavy atom. The molecule has 1 aliphatic heterocycles. The van der Waals surface area contributed by atoms with Gasteiger partial charge in [0, 0.05) is 49.7 Å². The second-order valence-electron chi connectivity index (χ2n) is 5.84. The van der Waals surface area contributed by atoms with Crippen LogP contribution in [0.4, 0.5) is 0 Å². The molecule has 1 aliphatic rings. The number of hydrogen-bond donors (Lipinski definition) is 1. The molecule has 0 radical (unpaired) electrons. The van der Waals surface area contributed by atoms with Crippen molar-refractivity contribution in [2.45, 2.75) is 33.4 Å². The fourth-order valence-corrected chi connectivity index (χ4v) is 2.99. The first-order valence-electron chi connectivity index (χ1n) is 7.57. The standard InChI is InChI=1S/C16H23N5.ClH/c1-12-10-20(9-8-17-12)11-15-13(2)19-21(14(15)3)16-6-4-5-7-18-16;/h4-7,12,17H,8-11H2,1-3H3;1H/t12-;/m0./s1. The van der Waals surface area contributed by atoms with Crippen LogP contribution in [0.15, 0.2) is 24.4 Å².